The molecule has 0 saturated carbocycles. The van der Waals surface area contributed by atoms with Gasteiger partial charge in [0.05, 0.1) is 25.3 Å². The quantitative estimate of drug-likeness (QED) is 0.723. The molecule has 0 aromatic heterocycles. The largest absolute Gasteiger partial charge is 0.378 e. The van der Waals surface area contributed by atoms with E-state index in [-0.39, 0.29) is 18.4 Å². The number of aryl methyl sites for hydroxylation is 2. The van der Waals surface area contributed by atoms with Gasteiger partial charge in [0.1, 0.15) is 5.70 Å². The van der Waals surface area contributed by atoms with Crippen molar-refractivity contribution < 1.29 is 14.3 Å². The highest BCUT2D eigenvalue weighted by molar-refractivity contribution is 6.35. The standard InChI is InChI=1S/C23H23ClN2O3/c1-15-3-8-19(16(2)13-15)20-21(25-9-11-29-12-10-25)23(28)26(22(20)27)14-17-4-6-18(24)7-5-17/h3-8,13H,9-12,14H2,1-2H3. The topological polar surface area (TPSA) is 49.9 Å². The van der Waals surface area contributed by atoms with Gasteiger partial charge in [0.25, 0.3) is 11.8 Å². The molecular weight excluding hydrogens is 388 g/mol. The van der Waals surface area contributed by atoms with Gasteiger partial charge in [-0.15, -0.1) is 0 Å². The van der Waals surface area contributed by atoms with Crippen molar-refractivity contribution in [3.8, 4) is 0 Å². The molecule has 6 heteroatoms. The molecule has 0 spiro atoms. The molecule has 4 rings (SSSR count). The summed E-state index contributed by atoms with van der Waals surface area (Å²) in [6.45, 7) is 6.49. The molecule has 150 valence electrons. The minimum atomic E-state index is -0.251. The molecular formula is C23H23ClN2O3. The zero-order chi connectivity index (χ0) is 20.5. The predicted molar refractivity (Wildman–Crippen MR) is 112 cm³/mol. The van der Waals surface area contributed by atoms with Crippen molar-refractivity contribution in [3.63, 3.8) is 0 Å². The number of benzene rings is 2. The second kappa shape index (κ2) is 8.01. The second-order valence-electron chi connectivity index (χ2n) is 7.46. The monoisotopic (exact) mass is 410 g/mol. The van der Waals surface area contributed by atoms with E-state index < -0.39 is 0 Å². The van der Waals surface area contributed by atoms with Gasteiger partial charge < -0.3 is 9.64 Å². The molecule has 2 aliphatic heterocycles. The molecule has 2 aromatic carbocycles. The lowest BCUT2D eigenvalue weighted by molar-refractivity contribution is -0.138. The van der Waals surface area contributed by atoms with Crippen LogP contribution in [0, 0.1) is 13.8 Å². The SMILES string of the molecule is Cc1ccc(C2=C(N3CCOCC3)C(=O)N(Cc3ccc(Cl)cc3)C2=O)c(C)c1. The first-order valence-corrected chi connectivity index (χ1v) is 10.1. The lowest BCUT2D eigenvalue weighted by Crippen LogP contribution is -2.40. The summed E-state index contributed by atoms with van der Waals surface area (Å²) in [6, 6.07) is 13.2. The fourth-order valence-corrected chi connectivity index (χ4v) is 4.02. The smallest absolute Gasteiger partial charge is 0.278 e. The van der Waals surface area contributed by atoms with Crippen LogP contribution in [0.2, 0.25) is 5.02 Å². The number of carbonyl (C=O) groups is 2. The molecule has 0 aliphatic carbocycles. The van der Waals surface area contributed by atoms with Gasteiger partial charge in [-0.1, -0.05) is 47.5 Å². The molecule has 0 radical (unpaired) electrons. The normalized spacial score (nSPS) is 17.5. The van der Waals surface area contributed by atoms with Crippen LogP contribution in [0.1, 0.15) is 22.3 Å². The van der Waals surface area contributed by atoms with E-state index in [1.54, 1.807) is 12.1 Å². The van der Waals surface area contributed by atoms with Crippen molar-refractivity contribution in [1.82, 2.24) is 9.80 Å². The molecule has 0 atom stereocenters. The van der Waals surface area contributed by atoms with E-state index in [1.807, 2.05) is 49.1 Å². The molecule has 2 heterocycles. The number of morpholine rings is 1. The fourth-order valence-electron chi connectivity index (χ4n) is 3.90. The first-order chi connectivity index (χ1) is 14.0. The Balaban J connectivity index is 1.76. The van der Waals surface area contributed by atoms with E-state index in [2.05, 4.69) is 0 Å². The summed E-state index contributed by atoms with van der Waals surface area (Å²) in [5, 5.41) is 0.621. The van der Waals surface area contributed by atoms with E-state index in [9.17, 15) is 9.59 Å². The van der Waals surface area contributed by atoms with Gasteiger partial charge in [0.2, 0.25) is 0 Å². The summed E-state index contributed by atoms with van der Waals surface area (Å²) in [5.74, 6) is -0.500. The molecule has 0 bridgehead atoms. The fraction of sp³-hybridized carbons (Fsp3) is 0.304. The maximum absolute atomic E-state index is 13.4. The Bertz CT molecular complexity index is 992. The van der Waals surface area contributed by atoms with Crippen molar-refractivity contribution in [2.75, 3.05) is 26.3 Å². The number of imide groups is 1. The zero-order valence-electron chi connectivity index (χ0n) is 16.6. The number of hydrogen-bond donors (Lipinski definition) is 0. The number of ether oxygens (including phenoxy) is 1. The highest BCUT2D eigenvalue weighted by atomic mass is 35.5. The number of hydrogen-bond acceptors (Lipinski definition) is 4. The van der Waals surface area contributed by atoms with E-state index in [0.29, 0.717) is 42.6 Å². The second-order valence-corrected chi connectivity index (χ2v) is 7.90. The minimum Gasteiger partial charge on any atom is -0.378 e. The first kappa shape index (κ1) is 19.7. The predicted octanol–water partition coefficient (Wildman–Crippen LogP) is 3.57. The van der Waals surface area contributed by atoms with Crippen LogP contribution >= 0.6 is 11.6 Å². The number of rotatable bonds is 4. The van der Waals surface area contributed by atoms with Crippen molar-refractivity contribution in [1.29, 1.82) is 0 Å². The van der Waals surface area contributed by atoms with Gasteiger partial charge in [0.15, 0.2) is 0 Å². The summed E-state index contributed by atoms with van der Waals surface area (Å²) < 4.78 is 5.45. The van der Waals surface area contributed by atoms with E-state index in [1.165, 1.54) is 4.90 Å². The first-order valence-electron chi connectivity index (χ1n) is 9.71. The van der Waals surface area contributed by atoms with Crippen LogP contribution in [0.25, 0.3) is 5.57 Å². The van der Waals surface area contributed by atoms with Crippen molar-refractivity contribution >= 4 is 29.0 Å². The van der Waals surface area contributed by atoms with Crippen molar-refractivity contribution in [2.45, 2.75) is 20.4 Å². The van der Waals surface area contributed by atoms with Crippen LogP contribution in [0.5, 0.6) is 0 Å². The summed E-state index contributed by atoms with van der Waals surface area (Å²) in [5.41, 5.74) is 4.76. The summed E-state index contributed by atoms with van der Waals surface area (Å²) in [7, 11) is 0. The lowest BCUT2D eigenvalue weighted by Gasteiger charge is -2.29. The Morgan fingerprint density at radius 3 is 2.31 bits per heavy atom. The van der Waals surface area contributed by atoms with Crippen molar-refractivity contribution in [2.24, 2.45) is 0 Å². The number of nitrogens with zero attached hydrogens (tertiary/aromatic N) is 2. The molecule has 1 fully saturated rings. The van der Waals surface area contributed by atoms with Crippen LogP contribution in [-0.4, -0.2) is 47.9 Å². The highest BCUT2D eigenvalue weighted by Gasteiger charge is 2.42. The number of carbonyl (C=O) groups excluding carboxylic acids is 2. The number of halogens is 1. The molecule has 2 amide bonds. The molecule has 0 N–H and O–H groups in total. The van der Waals surface area contributed by atoms with Crippen LogP contribution in [0.4, 0.5) is 0 Å². The van der Waals surface area contributed by atoms with E-state index in [0.717, 1.165) is 22.3 Å². The molecule has 29 heavy (non-hydrogen) atoms. The van der Waals surface area contributed by atoms with Crippen molar-refractivity contribution in [3.05, 3.63) is 75.4 Å². The van der Waals surface area contributed by atoms with Crippen LogP contribution in [0.3, 0.4) is 0 Å². The average molecular weight is 411 g/mol. The molecule has 2 aliphatic rings. The third-order valence-electron chi connectivity index (χ3n) is 5.38. The number of amides is 2. The Morgan fingerprint density at radius 1 is 0.966 bits per heavy atom. The third kappa shape index (κ3) is 3.80. The molecule has 1 saturated heterocycles. The zero-order valence-corrected chi connectivity index (χ0v) is 17.3. The van der Waals surface area contributed by atoms with Gasteiger partial charge in [-0.3, -0.25) is 14.5 Å². The Labute approximate surface area is 175 Å². The van der Waals surface area contributed by atoms with Gasteiger partial charge in [-0.05, 0) is 42.7 Å². The molecule has 0 unspecified atom stereocenters. The maximum Gasteiger partial charge on any atom is 0.278 e. The Morgan fingerprint density at radius 2 is 1.66 bits per heavy atom. The van der Waals surface area contributed by atoms with Gasteiger partial charge in [0, 0.05) is 18.1 Å². The lowest BCUT2D eigenvalue weighted by atomic mass is 9.97. The average Bonchev–Trinajstić information content (AvgIpc) is 2.95. The van der Waals surface area contributed by atoms with E-state index in [4.69, 9.17) is 16.3 Å². The molecule has 2 aromatic rings. The van der Waals surface area contributed by atoms with Crippen LogP contribution in [-0.2, 0) is 20.9 Å². The van der Waals surface area contributed by atoms with Gasteiger partial charge >= 0.3 is 0 Å². The van der Waals surface area contributed by atoms with E-state index >= 15 is 0 Å². The highest BCUT2D eigenvalue weighted by Crippen LogP contribution is 2.34. The Hall–Kier alpha value is -2.63. The third-order valence-corrected chi connectivity index (χ3v) is 5.63. The Kier molecular flexibility index (Phi) is 5.43. The maximum atomic E-state index is 13.4. The summed E-state index contributed by atoms with van der Waals surface area (Å²) >= 11 is 5.97. The summed E-state index contributed by atoms with van der Waals surface area (Å²) in [4.78, 5) is 30.2. The molecule has 5 nitrogen and oxygen atoms in total. The van der Waals surface area contributed by atoms with Gasteiger partial charge in [-0.2, -0.15) is 0 Å². The summed E-state index contributed by atoms with van der Waals surface area (Å²) in [6.07, 6.45) is 0. The van der Waals surface area contributed by atoms with Crippen LogP contribution < -0.4 is 0 Å². The minimum absolute atomic E-state index is 0.219. The van der Waals surface area contributed by atoms with Gasteiger partial charge in [-0.25, -0.2) is 0 Å². The van der Waals surface area contributed by atoms with Crippen LogP contribution in [0.15, 0.2) is 48.2 Å².